The minimum atomic E-state index is -0.914. The number of amides is 8. The van der Waals surface area contributed by atoms with Gasteiger partial charge in [0.2, 0.25) is 23.6 Å². The molecule has 0 unspecified atom stereocenters. The molecule has 0 radical (unpaired) electrons. The van der Waals surface area contributed by atoms with Crippen molar-refractivity contribution in [1.29, 1.82) is 0 Å². The van der Waals surface area contributed by atoms with Gasteiger partial charge in [0, 0.05) is 68.4 Å². The first-order valence-electron chi connectivity index (χ1n) is 20.6. The molecule has 0 fully saturated rings. The van der Waals surface area contributed by atoms with Gasteiger partial charge in [-0.2, -0.15) is 5.10 Å². The number of hydrazone groups is 1. The molecule has 0 spiro atoms. The Balaban J connectivity index is 0.970. The first-order valence-corrected chi connectivity index (χ1v) is 20.6. The zero-order valence-corrected chi connectivity index (χ0v) is 35.2. The average molecular weight is 832 g/mol. The standard InChI is InChI=1S/C45H53N9O7/c1-28(2)40(50-37(55)9-7-6-8-22-53-38(56)18-19-39(53)57)42(59)47-29(3)41(58)48-34-14-10-30(11-15-34)25-54-43(60)45(4,5)23-36(51-54)31-12-16-35(17-13-31)49-44(61)52-26-32-20-21-46-24-33(32)27-52/h10-21,24,28-29,40H,6-9,22-23,25-27H2,1-5H3,(H,47,59)(H,48,58)(H,49,61)(H,50,55)/t29-,40-/m0/s1. The quantitative estimate of drug-likeness (QED) is 0.116. The fourth-order valence-electron chi connectivity index (χ4n) is 7.30. The molecule has 2 aromatic carbocycles. The molecule has 6 rings (SSSR count). The molecule has 16 nitrogen and oxygen atoms in total. The Morgan fingerprint density at radius 1 is 0.770 bits per heavy atom. The van der Waals surface area contributed by atoms with E-state index < -0.39 is 29.3 Å². The number of urea groups is 1. The van der Waals surface area contributed by atoms with Crippen molar-refractivity contribution in [3.05, 3.63) is 101 Å². The van der Waals surface area contributed by atoms with E-state index in [1.807, 2.05) is 44.2 Å². The van der Waals surface area contributed by atoms with Crippen LogP contribution in [0.3, 0.4) is 0 Å². The predicted octanol–water partition coefficient (Wildman–Crippen LogP) is 4.86. The van der Waals surface area contributed by atoms with E-state index in [0.29, 0.717) is 50.1 Å². The minimum Gasteiger partial charge on any atom is -0.344 e. The van der Waals surface area contributed by atoms with Gasteiger partial charge >= 0.3 is 6.03 Å². The lowest BCUT2D eigenvalue weighted by Crippen LogP contribution is -2.53. The fraction of sp³-hybridized carbons (Fsp3) is 0.400. The number of fused-ring (bicyclic) bond motifs is 1. The molecule has 0 saturated heterocycles. The molecule has 2 atom stereocenters. The number of carbonyl (C=O) groups excluding carboxylic acids is 7. The highest BCUT2D eigenvalue weighted by molar-refractivity contribution is 6.13. The summed E-state index contributed by atoms with van der Waals surface area (Å²) in [4.78, 5) is 95.9. The number of carbonyl (C=O) groups is 7. The highest BCUT2D eigenvalue weighted by Gasteiger charge is 2.38. The highest BCUT2D eigenvalue weighted by atomic mass is 16.2. The lowest BCUT2D eigenvalue weighted by atomic mass is 9.82. The van der Waals surface area contributed by atoms with Gasteiger partial charge in [0.25, 0.3) is 11.8 Å². The summed E-state index contributed by atoms with van der Waals surface area (Å²) in [6.07, 6.45) is 8.31. The normalized spacial score (nSPS) is 16.6. The summed E-state index contributed by atoms with van der Waals surface area (Å²) >= 11 is 0. The number of anilines is 2. The molecule has 0 aliphatic carbocycles. The van der Waals surface area contributed by atoms with Crippen molar-refractivity contribution < 1.29 is 33.6 Å². The molecular formula is C45H53N9O7. The van der Waals surface area contributed by atoms with Gasteiger partial charge in [0.1, 0.15) is 12.1 Å². The Bertz CT molecular complexity index is 2190. The molecule has 3 aliphatic heterocycles. The summed E-state index contributed by atoms with van der Waals surface area (Å²) in [7, 11) is 0. The van der Waals surface area contributed by atoms with Gasteiger partial charge in [-0.1, -0.05) is 58.4 Å². The van der Waals surface area contributed by atoms with Gasteiger partial charge in [0.15, 0.2) is 0 Å². The molecule has 4 N–H and O–H groups in total. The molecule has 3 aliphatic rings. The Morgan fingerprint density at radius 2 is 1.43 bits per heavy atom. The van der Waals surface area contributed by atoms with Gasteiger partial charge in [0.05, 0.1) is 17.7 Å². The first kappa shape index (κ1) is 43.9. The van der Waals surface area contributed by atoms with Gasteiger partial charge in [-0.15, -0.1) is 0 Å². The van der Waals surface area contributed by atoms with Gasteiger partial charge < -0.3 is 26.2 Å². The number of nitrogens with zero attached hydrogens (tertiary/aromatic N) is 5. The monoisotopic (exact) mass is 831 g/mol. The number of rotatable bonds is 16. The number of imide groups is 1. The maximum absolute atomic E-state index is 13.5. The van der Waals surface area contributed by atoms with E-state index in [0.717, 1.165) is 32.9 Å². The lowest BCUT2D eigenvalue weighted by Gasteiger charge is -2.34. The zero-order valence-electron chi connectivity index (χ0n) is 35.2. The Morgan fingerprint density at radius 3 is 2.10 bits per heavy atom. The van der Waals surface area contributed by atoms with E-state index in [9.17, 15) is 33.6 Å². The summed E-state index contributed by atoms with van der Waals surface area (Å²) in [6, 6.07) is 14.4. The van der Waals surface area contributed by atoms with Crippen molar-refractivity contribution >= 4 is 58.6 Å². The fourth-order valence-corrected chi connectivity index (χ4v) is 7.30. The third-order valence-electron chi connectivity index (χ3n) is 10.9. The Kier molecular flexibility index (Phi) is 13.7. The Labute approximate surface area is 355 Å². The van der Waals surface area contributed by atoms with Crippen LogP contribution in [0.15, 0.2) is 84.2 Å². The summed E-state index contributed by atoms with van der Waals surface area (Å²) in [6.45, 7) is 10.5. The van der Waals surface area contributed by atoms with Crippen LogP contribution in [-0.4, -0.2) is 85.6 Å². The van der Waals surface area contributed by atoms with E-state index in [2.05, 4.69) is 26.3 Å². The zero-order chi connectivity index (χ0) is 43.8. The van der Waals surface area contributed by atoms with Crippen LogP contribution >= 0.6 is 0 Å². The second-order valence-corrected chi connectivity index (χ2v) is 16.7. The number of hydrogen-bond donors (Lipinski definition) is 4. The van der Waals surface area contributed by atoms with Crippen LogP contribution in [0.1, 0.15) is 89.0 Å². The van der Waals surface area contributed by atoms with Crippen LogP contribution in [0.25, 0.3) is 0 Å². The third-order valence-corrected chi connectivity index (χ3v) is 10.9. The minimum absolute atomic E-state index is 0.122. The predicted molar refractivity (Wildman–Crippen MR) is 228 cm³/mol. The smallest absolute Gasteiger partial charge is 0.322 e. The van der Waals surface area contributed by atoms with E-state index >= 15 is 0 Å². The maximum atomic E-state index is 13.5. The van der Waals surface area contributed by atoms with Crippen molar-refractivity contribution in [2.24, 2.45) is 16.4 Å². The van der Waals surface area contributed by atoms with Crippen LogP contribution in [-0.2, 0) is 48.4 Å². The molecule has 0 saturated carbocycles. The number of aromatic nitrogens is 1. The average Bonchev–Trinajstić information content (AvgIpc) is 3.81. The second kappa shape index (κ2) is 19.1. The molecule has 4 heterocycles. The summed E-state index contributed by atoms with van der Waals surface area (Å²) in [5, 5.41) is 17.5. The largest absolute Gasteiger partial charge is 0.344 e. The van der Waals surface area contributed by atoms with Crippen molar-refractivity contribution in [3.63, 3.8) is 0 Å². The number of hydrogen-bond acceptors (Lipinski definition) is 9. The van der Waals surface area contributed by atoms with Crippen molar-refractivity contribution in [2.45, 2.75) is 98.4 Å². The van der Waals surface area contributed by atoms with Gasteiger partial charge in [-0.25, -0.2) is 9.80 Å². The third kappa shape index (κ3) is 11.1. The SMILES string of the molecule is CC(C)[C@H](NC(=O)CCCCCN1C(=O)C=CC1=O)C(=O)N[C@@H](C)C(=O)Nc1ccc(CN2N=C(c3ccc(NC(=O)N4Cc5ccncc5C4)cc3)CC(C)(C)C2=O)cc1. The molecule has 61 heavy (non-hydrogen) atoms. The topological polar surface area (TPSA) is 203 Å². The molecule has 16 heteroatoms. The summed E-state index contributed by atoms with van der Waals surface area (Å²) in [5.41, 5.74) is 4.91. The summed E-state index contributed by atoms with van der Waals surface area (Å²) in [5.74, 6) is -2.28. The number of unbranched alkanes of at least 4 members (excludes halogenated alkanes) is 2. The molecule has 1 aromatic heterocycles. The van der Waals surface area contributed by atoms with E-state index in [-0.39, 0.29) is 55.1 Å². The Hall–Kier alpha value is -6.71. The van der Waals surface area contributed by atoms with Crippen LogP contribution in [0.5, 0.6) is 0 Å². The van der Waals surface area contributed by atoms with Crippen molar-refractivity contribution in [2.75, 3.05) is 17.2 Å². The van der Waals surface area contributed by atoms with Crippen molar-refractivity contribution in [1.82, 2.24) is 30.4 Å². The summed E-state index contributed by atoms with van der Waals surface area (Å²) < 4.78 is 0. The van der Waals surface area contributed by atoms with E-state index in [1.54, 1.807) is 62.3 Å². The second-order valence-electron chi connectivity index (χ2n) is 16.7. The molecular weight excluding hydrogens is 779 g/mol. The molecule has 0 bridgehead atoms. The van der Waals surface area contributed by atoms with Gasteiger partial charge in [-0.05, 0) is 78.3 Å². The van der Waals surface area contributed by atoms with E-state index in [1.165, 1.54) is 17.2 Å². The lowest BCUT2D eigenvalue weighted by molar-refractivity contribution is -0.142. The number of nitrogens with one attached hydrogen (secondary N) is 4. The molecule has 8 amide bonds. The number of benzene rings is 2. The maximum Gasteiger partial charge on any atom is 0.322 e. The van der Waals surface area contributed by atoms with Crippen molar-refractivity contribution in [3.8, 4) is 0 Å². The molecule has 320 valence electrons. The first-order chi connectivity index (χ1) is 29.1. The van der Waals surface area contributed by atoms with E-state index in [4.69, 9.17) is 5.10 Å². The van der Waals surface area contributed by atoms with Gasteiger partial charge in [-0.3, -0.25) is 38.7 Å². The van der Waals surface area contributed by atoms with Crippen LogP contribution in [0, 0.1) is 11.3 Å². The molecule has 3 aromatic rings. The van der Waals surface area contributed by atoms with Crippen LogP contribution in [0.2, 0.25) is 0 Å². The van der Waals surface area contributed by atoms with Crippen LogP contribution in [0.4, 0.5) is 16.2 Å². The highest BCUT2D eigenvalue weighted by Crippen LogP contribution is 2.32. The van der Waals surface area contributed by atoms with Crippen LogP contribution < -0.4 is 21.3 Å². The number of pyridine rings is 1.